The number of anilines is 2. The van der Waals surface area contributed by atoms with E-state index in [1.807, 2.05) is 4.90 Å². The number of piperidine rings is 1. The van der Waals surface area contributed by atoms with Crippen molar-refractivity contribution in [2.45, 2.75) is 19.0 Å². The van der Waals surface area contributed by atoms with Gasteiger partial charge in [-0.1, -0.05) is 17.7 Å². The largest absolute Gasteiger partial charge is 0.434 e. The molecule has 3 aromatic rings. The van der Waals surface area contributed by atoms with E-state index in [1.54, 1.807) is 6.07 Å². The number of alkyl halides is 3. The monoisotopic (exact) mass is 492 g/mol. The van der Waals surface area contributed by atoms with Crippen LogP contribution >= 0.6 is 11.6 Å². The summed E-state index contributed by atoms with van der Waals surface area (Å²) in [6.07, 6.45) is -1.15. The molecule has 0 spiro atoms. The van der Waals surface area contributed by atoms with Gasteiger partial charge in [-0.15, -0.1) is 0 Å². The van der Waals surface area contributed by atoms with E-state index in [9.17, 15) is 22.8 Å². The summed E-state index contributed by atoms with van der Waals surface area (Å²) < 4.78 is 42.2. The lowest BCUT2D eigenvalue weighted by Gasteiger charge is -2.32. The third-order valence-corrected chi connectivity index (χ3v) is 5.72. The number of nitrogens with two attached hydrogens (primary N) is 1. The zero-order valence-corrected chi connectivity index (χ0v) is 18.5. The highest BCUT2D eigenvalue weighted by Crippen LogP contribution is 2.34. The van der Waals surface area contributed by atoms with Crippen LogP contribution in [-0.4, -0.2) is 39.7 Å². The molecule has 2 amide bonds. The highest BCUT2D eigenvalue weighted by atomic mass is 35.5. The second-order valence-electron chi connectivity index (χ2n) is 7.84. The molecule has 3 heterocycles. The molecule has 4 rings (SSSR count). The van der Waals surface area contributed by atoms with Crippen molar-refractivity contribution in [3.63, 3.8) is 0 Å². The van der Waals surface area contributed by atoms with Crippen molar-refractivity contribution in [1.82, 2.24) is 14.8 Å². The van der Waals surface area contributed by atoms with Crippen LogP contribution in [0.3, 0.4) is 0 Å². The Bertz CT molecular complexity index is 1210. The van der Waals surface area contributed by atoms with E-state index >= 15 is 0 Å². The number of carbonyl (C=O) groups is 2. The van der Waals surface area contributed by atoms with Crippen LogP contribution in [0.5, 0.6) is 0 Å². The minimum absolute atomic E-state index is 0.0701. The fourth-order valence-electron chi connectivity index (χ4n) is 3.85. The van der Waals surface area contributed by atoms with E-state index in [4.69, 9.17) is 17.3 Å². The summed E-state index contributed by atoms with van der Waals surface area (Å²) in [4.78, 5) is 30.4. The molecule has 1 aliphatic heterocycles. The van der Waals surface area contributed by atoms with Gasteiger partial charge in [0.15, 0.2) is 5.69 Å². The van der Waals surface area contributed by atoms with E-state index in [2.05, 4.69) is 15.4 Å². The van der Waals surface area contributed by atoms with Crippen molar-refractivity contribution < 1.29 is 22.8 Å². The predicted octanol–water partition coefficient (Wildman–Crippen LogP) is 3.89. The van der Waals surface area contributed by atoms with Crippen LogP contribution in [0.2, 0.25) is 5.02 Å². The Morgan fingerprint density at radius 1 is 1.18 bits per heavy atom. The standard InChI is InChI=1S/C22H20ClF3N6O2/c23-14-4-1-5-16(9-14)32-19(22(24,25)26)17(11-29-32)21(34)30-15-6-7-18(28-10-15)31-8-2-3-13(12-31)20(27)33/h1,4-7,9-11,13H,2-3,8,12H2,(H2,27,33)(H,30,34). The molecule has 1 unspecified atom stereocenters. The molecule has 0 bridgehead atoms. The Balaban J connectivity index is 1.54. The normalized spacial score (nSPS) is 16.4. The van der Waals surface area contributed by atoms with Gasteiger partial charge in [-0.3, -0.25) is 9.59 Å². The van der Waals surface area contributed by atoms with Crippen LogP contribution in [0.25, 0.3) is 5.69 Å². The minimum Gasteiger partial charge on any atom is -0.369 e. The fourth-order valence-corrected chi connectivity index (χ4v) is 4.04. The molecule has 8 nitrogen and oxygen atoms in total. The summed E-state index contributed by atoms with van der Waals surface area (Å²) in [5.74, 6) is -1.05. The summed E-state index contributed by atoms with van der Waals surface area (Å²) in [7, 11) is 0. The number of benzene rings is 1. The quantitative estimate of drug-likeness (QED) is 0.562. The lowest BCUT2D eigenvalue weighted by Crippen LogP contribution is -2.41. The topological polar surface area (TPSA) is 106 Å². The molecule has 2 aromatic heterocycles. The molecule has 34 heavy (non-hydrogen) atoms. The molecule has 1 aliphatic rings. The molecule has 1 atom stereocenters. The first-order chi connectivity index (χ1) is 16.1. The summed E-state index contributed by atoms with van der Waals surface area (Å²) in [5, 5.41) is 6.43. The van der Waals surface area contributed by atoms with Crippen LogP contribution in [0.15, 0.2) is 48.8 Å². The first-order valence-electron chi connectivity index (χ1n) is 10.4. The minimum atomic E-state index is -4.85. The van der Waals surface area contributed by atoms with Gasteiger partial charge in [0.2, 0.25) is 5.91 Å². The Kier molecular flexibility index (Phi) is 6.47. The second kappa shape index (κ2) is 9.34. The zero-order valence-electron chi connectivity index (χ0n) is 17.7. The first kappa shape index (κ1) is 23.6. The number of amides is 2. The molecule has 1 saturated heterocycles. The number of halogens is 4. The van der Waals surface area contributed by atoms with E-state index < -0.39 is 23.3 Å². The first-order valence-corrected chi connectivity index (χ1v) is 10.7. The summed E-state index contributed by atoms with van der Waals surface area (Å²) >= 11 is 5.90. The molecule has 12 heteroatoms. The van der Waals surface area contributed by atoms with Crippen LogP contribution in [0, 0.1) is 5.92 Å². The molecule has 178 valence electrons. The van der Waals surface area contributed by atoms with Gasteiger partial charge < -0.3 is 16.0 Å². The number of pyridine rings is 1. The lowest BCUT2D eigenvalue weighted by molar-refractivity contribution is -0.143. The molecule has 0 radical (unpaired) electrons. The average molecular weight is 493 g/mol. The van der Waals surface area contributed by atoms with Crippen molar-refractivity contribution in [3.05, 3.63) is 65.1 Å². The molecule has 0 saturated carbocycles. The van der Waals surface area contributed by atoms with Gasteiger partial charge in [0.25, 0.3) is 5.91 Å². The number of carbonyl (C=O) groups excluding carboxylic acids is 2. The van der Waals surface area contributed by atoms with E-state index in [0.717, 1.165) is 12.6 Å². The SMILES string of the molecule is NC(=O)C1CCCN(c2ccc(NC(=O)c3cnn(-c4cccc(Cl)c4)c3C(F)(F)F)cn2)C1. The average Bonchev–Trinajstić information content (AvgIpc) is 3.26. The van der Waals surface area contributed by atoms with E-state index in [0.29, 0.717) is 30.0 Å². The number of primary amides is 1. The summed E-state index contributed by atoms with van der Waals surface area (Å²) in [6.45, 7) is 1.13. The van der Waals surface area contributed by atoms with Crippen LogP contribution in [0.1, 0.15) is 28.9 Å². The van der Waals surface area contributed by atoms with Crippen molar-refractivity contribution >= 4 is 34.9 Å². The number of hydrogen-bond donors (Lipinski definition) is 2. The summed E-state index contributed by atoms with van der Waals surface area (Å²) in [5.41, 5.74) is 3.82. The third kappa shape index (κ3) is 4.98. The van der Waals surface area contributed by atoms with Crippen LogP contribution in [0.4, 0.5) is 24.7 Å². The third-order valence-electron chi connectivity index (χ3n) is 5.49. The van der Waals surface area contributed by atoms with E-state index in [-0.39, 0.29) is 28.2 Å². The highest BCUT2D eigenvalue weighted by molar-refractivity contribution is 6.30. The van der Waals surface area contributed by atoms with Crippen LogP contribution < -0.4 is 16.0 Å². The number of aromatic nitrogens is 3. The van der Waals surface area contributed by atoms with Crippen molar-refractivity contribution in [1.29, 1.82) is 0 Å². The Labute approximate surface area is 197 Å². The molecular weight excluding hydrogens is 473 g/mol. The van der Waals surface area contributed by atoms with E-state index in [1.165, 1.54) is 36.5 Å². The number of rotatable bonds is 5. The molecule has 1 aromatic carbocycles. The maximum absolute atomic E-state index is 13.9. The molecular formula is C22H20ClF3N6O2. The van der Waals surface area contributed by atoms with Crippen molar-refractivity contribution in [2.75, 3.05) is 23.3 Å². The van der Waals surface area contributed by atoms with Crippen molar-refractivity contribution in [2.24, 2.45) is 11.7 Å². The highest BCUT2D eigenvalue weighted by Gasteiger charge is 2.40. The Morgan fingerprint density at radius 2 is 1.97 bits per heavy atom. The maximum atomic E-state index is 13.9. The number of nitrogens with one attached hydrogen (secondary N) is 1. The van der Waals surface area contributed by atoms with Crippen molar-refractivity contribution in [3.8, 4) is 5.69 Å². The molecule has 3 N–H and O–H groups in total. The Morgan fingerprint density at radius 3 is 2.62 bits per heavy atom. The van der Waals surface area contributed by atoms with Gasteiger partial charge in [-0.05, 0) is 43.2 Å². The van der Waals surface area contributed by atoms with Gasteiger partial charge in [0.05, 0.1) is 35.2 Å². The number of nitrogens with zero attached hydrogens (tertiary/aromatic N) is 4. The summed E-state index contributed by atoms with van der Waals surface area (Å²) in [6, 6.07) is 8.88. The number of hydrogen-bond acceptors (Lipinski definition) is 5. The maximum Gasteiger partial charge on any atom is 0.434 e. The van der Waals surface area contributed by atoms with Crippen LogP contribution in [-0.2, 0) is 11.0 Å². The lowest BCUT2D eigenvalue weighted by atomic mass is 9.97. The molecule has 1 fully saturated rings. The smallest absolute Gasteiger partial charge is 0.369 e. The van der Waals surface area contributed by atoms with Gasteiger partial charge in [-0.25, -0.2) is 9.67 Å². The van der Waals surface area contributed by atoms with Gasteiger partial charge in [0, 0.05) is 18.1 Å². The second-order valence-corrected chi connectivity index (χ2v) is 8.28. The van der Waals surface area contributed by atoms with Gasteiger partial charge >= 0.3 is 6.18 Å². The van der Waals surface area contributed by atoms with Gasteiger partial charge in [0.1, 0.15) is 5.82 Å². The van der Waals surface area contributed by atoms with Gasteiger partial charge in [-0.2, -0.15) is 18.3 Å². The fraction of sp³-hybridized carbons (Fsp3) is 0.273. The predicted molar refractivity (Wildman–Crippen MR) is 120 cm³/mol. The molecule has 0 aliphatic carbocycles. The Hall–Kier alpha value is -3.60. The zero-order chi connectivity index (χ0) is 24.5.